The Labute approximate surface area is 299 Å². The van der Waals surface area contributed by atoms with E-state index in [0.29, 0.717) is 24.5 Å². The average molecular weight is 683 g/mol. The van der Waals surface area contributed by atoms with Gasteiger partial charge in [0.15, 0.2) is 11.5 Å². The van der Waals surface area contributed by atoms with Crippen molar-refractivity contribution in [2.75, 3.05) is 49.8 Å². The van der Waals surface area contributed by atoms with Crippen LogP contribution in [0.4, 0.5) is 22.9 Å². The van der Waals surface area contributed by atoms with Crippen LogP contribution in [0, 0.1) is 12.8 Å². The van der Waals surface area contributed by atoms with Crippen molar-refractivity contribution in [1.82, 2.24) is 40.5 Å². The van der Waals surface area contributed by atoms with Crippen LogP contribution >= 0.6 is 0 Å². The molecule has 2 fully saturated rings. The molecule has 1 aliphatic carbocycles. The van der Waals surface area contributed by atoms with Crippen LogP contribution in [0.15, 0.2) is 42.5 Å². The van der Waals surface area contributed by atoms with Crippen LogP contribution in [-0.2, 0) is 10.1 Å². The zero-order valence-electron chi connectivity index (χ0n) is 29.3. The minimum Gasteiger partial charge on any atom is -0.364 e. The van der Waals surface area contributed by atoms with Gasteiger partial charge in [-0.05, 0) is 49.7 Å². The standard InChI is InChI=1S/C35H39B2N11O3/c1-6-25-31-28(18(2)45-48(31)20-16-47(17-20)35(36,37)26-12-8-11-23(41-26)33(50)38-3)21-9-7-10-22(30(21)46(25)5)40-24-15-27(42-32(49)19-13-14-19)43-44-29(24)34(51)39-4/h7-12,15,19-20,25H,6,13-14,16-17H2,1-5H3,(H,38,50)(H,39,51)(H2,40,42,43,49). The minimum atomic E-state index is -1.38. The highest BCUT2D eigenvalue weighted by molar-refractivity contribution is 6.39. The van der Waals surface area contributed by atoms with Gasteiger partial charge < -0.3 is 31.1 Å². The molecule has 3 aromatic heterocycles. The summed E-state index contributed by atoms with van der Waals surface area (Å²) in [5, 5.41) is 23.5. The molecule has 4 N–H and O–H groups in total. The fourth-order valence-electron chi connectivity index (χ4n) is 7.07. The van der Waals surface area contributed by atoms with E-state index in [9.17, 15) is 14.4 Å². The van der Waals surface area contributed by atoms with Gasteiger partial charge in [-0.15, -0.1) is 10.2 Å². The number of hydrogen-bond donors (Lipinski definition) is 4. The number of aryl methyl sites for hydroxylation is 1. The van der Waals surface area contributed by atoms with Crippen LogP contribution in [0.2, 0.25) is 0 Å². The zero-order chi connectivity index (χ0) is 36.2. The molecular formula is C35H39B2N11O3. The molecule has 0 spiro atoms. The van der Waals surface area contributed by atoms with Crippen molar-refractivity contribution in [2.45, 2.75) is 50.5 Å². The highest BCUT2D eigenvalue weighted by Crippen LogP contribution is 2.51. The summed E-state index contributed by atoms with van der Waals surface area (Å²) in [6, 6.07) is 12.7. The Morgan fingerprint density at radius 1 is 0.980 bits per heavy atom. The molecule has 4 aromatic rings. The van der Waals surface area contributed by atoms with E-state index in [2.05, 4.69) is 66.1 Å². The normalized spacial score (nSPS) is 17.2. The number of rotatable bonds is 10. The van der Waals surface area contributed by atoms with Crippen molar-refractivity contribution in [3.63, 3.8) is 0 Å². The predicted octanol–water partition coefficient (Wildman–Crippen LogP) is 2.76. The molecule has 3 amide bonds. The first-order valence-electron chi connectivity index (χ1n) is 17.1. The topological polar surface area (TPSA) is 162 Å². The molecule has 7 rings (SSSR count). The summed E-state index contributed by atoms with van der Waals surface area (Å²) in [6.07, 6.45) is 2.50. The summed E-state index contributed by atoms with van der Waals surface area (Å²) in [7, 11) is 18.4. The van der Waals surface area contributed by atoms with Crippen molar-refractivity contribution < 1.29 is 14.4 Å². The van der Waals surface area contributed by atoms with E-state index in [4.69, 9.17) is 20.8 Å². The van der Waals surface area contributed by atoms with Crippen LogP contribution < -0.4 is 26.2 Å². The molecule has 16 heteroatoms. The summed E-state index contributed by atoms with van der Waals surface area (Å²) < 4.78 is 2.12. The number of fused-ring (bicyclic) bond motifs is 3. The first-order valence-corrected chi connectivity index (χ1v) is 17.1. The highest BCUT2D eigenvalue weighted by atomic mass is 16.2. The monoisotopic (exact) mass is 683 g/mol. The number of likely N-dealkylation sites (tertiary alicyclic amines) is 1. The lowest BCUT2D eigenvalue weighted by molar-refractivity contribution is -0.117. The lowest BCUT2D eigenvalue weighted by Gasteiger charge is -2.50. The maximum atomic E-state index is 12.9. The number of nitrogens with zero attached hydrogens (tertiary/aromatic N) is 7. The van der Waals surface area contributed by atoms with Gasteiger partial charge in [0, 0.05) is 63.0 Å². The van der Waals surface area contributed by atoms with E-state index >= 15 is 0 Å². The van der Waals surface area contributed by atoms with E-state index in [1.54, 1.807) is 31.3 Å². The largest absolute Gasteiger partial charge is 0.364 e. The first-order chi connectivity index (χ1) is 24.5. The maximum Gasteiger partial charge on any atom is 0.273 e. The van der Waals surface area contributed by atoms with Gasteiger partial charge in [-0.1, -0.05) is 25.1 Å². The SMILES string of the molecule is [B]C([B])(c1cccc(C(=O)NC)n1)N1CC(n2nc(C)c3c2C(CC)N(C)c2c(Nc4cc(NC(=O)C5CC5)nnc4C(=O)NC)cccc2-3)C1. The average Bonchev–Trinajstić information content (AvgIpc) is 3.91. The van der Waals surface area contributed by atoms with Crippen molar-refractivity contribution in [3.8, 4) is 11.1 Å². The van der Waals surface area contributed by atoms with Crippen molar-refractivity contribution in [1.29, 1.82) is 0 Å². The lowest BCUT2D eigenvalue weighted by Crippen LogP contribution is -2.60. The Hall–Kier alpha value is -5.24. The molecular weight excluding hydrogens is 644 g/mol. The molecule has 1 saturated heterocycles. The van der Waals surface area contributed by atoms with Crippen LogP contribution in [-0.4, -0.2) is 97.5 Å². The number of hydrogen-bond acceptors (Lipinski definition) is 10. The Bertz CT molecular complexity index is 2040. The molecule has 14 nitrogen and oxygen atoms in total. The number of aromatic nitrogens is 5. The quantitative estimate of drug-likeness (QED) is 0.183. The van der Waals surface area contributed by atoms with Gasteiger partial charge in [-0.3, -0.25) is 19.1 Å². The van der Waals surface area contributed by atoms with Gasteiger partial charge in [-0.25, -0.2) is 4.98 Å². The molecule has 1 atom stereocenters. The zero-order valence-corrected chi connectivity index (χ0v) is 29.3. The molecule has 1 saturated carbocycles. The Balaban J connectivity index is 1.20. The fraction of sp³-hybridized carbons (Fsp3) is 0.400. The maximum absolute atomic E-state index is 12.9. The Morgan fingerprint density at radius 2 is 1.71 bits per heavy atom. The Kier molecular flexibility index (Phi) is 8.82. The minimum absolute atomic E-state index is 0.00799. The molecule has 51 heavy (non-hydrogen) atoms. The molecule has 0 bridgehead atoms. The molecule has 1 aromatic carbocycles. The molecule has 3 aliphatic rings. The second kappa shape index (κ2) is 13.1. The van der Waals surface area contributed by atoms with Crippen LogP contribution in [0.3, 0.4) is 0 Å². The van der Waals surface area contributed by atoms with Crippen molar-refractivity contribution in [2.24, 2.45) is 5.92 Å². The summed E-state index contributed by atoms with van der Waals surface area (Å²) in [5.74, 6) is -0.559. The summed E-state index contributed by atoms with van der Waals surface area (Å²) >= 11 is 0. The highest BCUT2D eigenvalue weighted by Gasteiger charge is 2.43. The fourth-order valence-corrected chi connectivity index (χ4v) is 7.07. The first kappa shape index (κ1) is 34.2. The number of nitrogens with one attached hydrogen (secondary N) is 4. The van der Waals surface area contributed by atoms with E-state index in [0.717, 1.165) is 53.2 Å². The number of anilines is 4. The van der Waals surface area contributed by atoms with Crippen LogP contribution in [0.5, 0.6) is 0 Å². The number of pyridine rings is 1. The lowest BCUT2D eigenvalue weighted by atomic mass is 9.57. The number of carbonyl (C=O) groups is 3. The molecule has 258 valence electrons. The van der Waals surface area contributed by atoms with E-state index < -0.39 is 11.2 Å². The second-order valence-electron chi connectivity index (χ2n) is 13.4. The summed E-state index contributed by atoms with van der Waals surface area (Å²) in [6.45, 7) is 5.24. The molecule has 2 aliphatic heterocycles. The van der Waals surface area contributed by atoms with Gasteiger partial charge in [0.25, 0.3) is 11.8 Å². The molecule has 5 heterocycles. The third kappa shape index (κ3) is 6.00. The van der Waals surface area contributed by atoms with E-state index in [1.807, 2.05) is 24.0 Å². The van der Waals surface area contributed by atoms with E-state index in [1.165, 1.54) is 7.05 Å². The smallest absolute Gasteiger partial charge is 0.273 e. The van der Waals surface area contributed by atoms with Crippen molar-refractivity contribution >= 4 is 56.3 Å². The van der Waals surface area contributed by atoms with E-state index in [-0.39, 0.29) is 47.0 Å². The molecule has 1 unspecified atom stereocenters. The summed E-state index contributed by atoms with van der Waals surface area (Å²) in [4.78, 5) is 46.2. The van der Waals surface area contributed by atoms with Crippen LogP contribution in [0.25, 0.3) is 11.1 Å². The van der Waals surface area contributed by atoms with Gasteiger partial charge in [-0.2, -0.15) is 5.10 Å². The van der Waals surface area contributed by atoms with Gasteiger partial charge in [0.2, 0.25) is 5.91 Å². The summed E-state index contributed by atoms with van der Waals surface area (Å²) in [5.41, 5.74) is 6.93. The third-order valence-corrected chi connectivity index (χ3v) is 10.0. The number of para-hydroxylation sites is 1. The third-order valence-electron chi connectivity index (χ3n) is 10.0. The number of amides is 3. The number of benzene rings is 1. The number of carbonyl (C=O) groups excluding carboxylic acids is 3. The second-order valence-corrected chi connectivity index (χ2v) is 13.4. The molecule has 4 radical (unpaired) electrons. The van der Waals surface area contributed by atoms with Gasteiger partial charge >= 0.3 is 0 Å². The predicted molar refractivity (Wildman–Crippen MR) is 195 cm³/mol. The van der Waals surface area contributed by atoms with Gasteiger partial charge in [0.05, 0.1) is 56.2 Å². The van der Waals surface area contributed by atoms with Crippen LogP contribution in [0.1, 0.15) is 76.3 Å². The Morgan fingerprint density at radius 3 is 2.39 bits per heavy atom. The van der Waals surface area contributed by atoms with Crippen molar-refractivity contribution in [3.05, 3.63) is 70.9 Å². The van der Waals surface area contributed by atoms with Gasteiger partial charge in [0.1, 0.15) is 5.69 Å².